The molecule has 0 spiro atoms. The lowest BCUT2D eigenvalue weighted by Gasteiger charge is -2.17. The van der Waals surface area contributed by atoms with Crippen molar-refractivity contribution in [3.8, 4) is 5.75 Å². The van der Waals surface area contributed by atoms with Gasteiger partial charge in [0.1, 0.15) is 5.75 Å². The average molecular weight is 346 g/mol. The Morgan fingerprint density at radius 2 is 2.15 bits per heavy atom. The van der Waals surface area contributed by atoms with Crippen molar-refractivity contribution in [1.82, 2.24) is 5.32 Å². The monoisotopic (exact) mass is 345 g/mol. The maximum atomic E-state index is 11.4. The molecule has 1 aromatic carbocycles. The molecule has 1 rings (SSSR count). The van der Waals surface area contributed by atoms with Crippen molar-refractivity contribution < 1.29 is 19.0 Å². The molecule has 0 aromatic heterocycles. The number of halogens is 1. The molecule has 0 fully saturated rings. The molecule has 0 aliphatic carbocycles. The zero-order chi connectivity index (χ0) is 15.0. The van der Waals surface area contributed by atoms with Gasteiger partial charge in [-0.25, -0.2) is 4.79 Å². The minimum absolute atomic E-state index is 0.404. The van der Waals surface area contributed by atoms with Crippen molar-refractivity contribution in [2.45, 2.75) is 19.6 Å². The van der Waals surface area contributed by atoms with Gasteiger partial charge in [-0.1, -0.05) is 12.1 Å². The number of hydrogen-bond donors (Lipinski definition) is 1. The van der Waals surface area contributed by atoms with Crippen LogP contribution in [0.1, 0.15) is 12.5 Å². The van der Waals surface area contributed by atoms with Crippen LogP contribution in [0.3, 0.4) is 0 Å². The zero-order valence-corrected chi connectivity index (χ0v) is 13.5. The summed E-state index contributed by atoms with van der Waals surface area (Å²) in [5, 5.41) is 3.24. The molecule has 6 heteroatoms. The average Bonchev–Trinajstić information content (AvgIpc) is 2.45. The van der Waals surface area contributed by atoms with Gasteiger partial charge in [-0.3, -0.25) is 0 Å². The second kappa shape index (κ2) is 8.94. The highest BCUT2D eigenvalue weighted by Crippen LogP contribution is 2.30. The molecule has 112 valence electrons. The van der Waals surface area contributed by atoms with E-state index in [1.54, 1.807) is 14.0 Å². The largest absolute Gasteiger partial charge is 0.478 e. The third-order valence-corrected chi connectivity index (χ3v) is 3.30. The summed E-state index contributed by atoms with van der Waals surface area (Å²) in [6.45, 7) is 3.68. The first kappa shape index (κ1) is 16.9. The van der Waals surface area contributed by atoms with Crippen LogP contribution in [0.5, 0.6) is 5.75 Å². The number of rotatable bonds is 8. The van der Waals surface area contributed by atoms with Crippen LogP contribution < -0.4 is 10.1 Å². The minimum Gasteiger partial charge on any atom is -0.478 e. The number of ether oxygens (including phenoxy) is 3. The first-order chi connectivity index (χ1) is 9.60. The number of benzene rings is 1. The van der Waals surface area contributed by atoms with E-state index in [-0.39, 0.29) is 0 Å². The predicted molar refractivity (Wildman–Crippen MR) is 79.8 cm³/mol. The van der Waals surface area contributed by atoms with Crippen LogP contribution in [-0.4, -0.2) is 39.4 Å². The second-order valence-corrected chi connectivity index (χ2v) is 5.04. The molecular formula is C14H20BrNO4. The van der Waals surface area contributed by atoms with Gasteiger partial charge in [0.25, 0.3) is 0 Å². The summed E-state index contributed by atoms with van der Waals surface area (Å²) in [6.07, 6.45) is -0.656. The molecule has 20 heavy (non-hydrogen) atoms. The van der Waals surface area contributed by atoms with Crippen LogP contribution >= 0.6 is 15.9 Å². The van der Waals surface area contributed by atoms with Crippen molar-refractivity contribution >= 4 is 21.9 Å². The van der Waals surface area contributed by atoms with E-state index >= 15 is 0 Å². The number of hydrogen-bond acceptors (Lipinski definition) is 5. The van der Waals surface area contributed by atoms with Gasteiger partial charge in [0, 0.05) is 25.8 Å². The van der Waals surface area contributed by atoms with Crippen LogP contribution in [0, 0.1) is 0 Å². The van der Waals surface area contributed by atoms with Crippen LogP contribution in [0.15, 0.2) is 22.7 Å². The molecule has 5 nitrogen and oxygen atoms in total. The molecule has 0 bridgehead atoms. The van der Waals surface area contributed by atoms with Crippen molar-refractivity contribution in [3.05, 3.63) is 28.2 Å². The molecule has 0 aliphatic rings. The van der Waals surface area contributed by atoms with Gasteiger partial charge in [0.2, 0.25) is 0 Å². The molecule has 0 heterocycles. The fourth-order valence-electron chi connectivity index (χ4n) is 1.61. The molecule has 0 saturated carbocycles. The van der Waals surface area contributed by atoms with Crippen molar-refractivity contribution in [2.24, 2.45) is 0 Å². The highest BCUT2D eigenvalue weighted by atomic mass is 79.9. The lowest BCUT2D eigenvalue weighted by atomic mass is 10.2. The maximum Gasteiger partial charge on any atom is 0.346 e. The fourth-order valence-corrected chi connectivity index (χ4v) is 2.11. The molecule has 1 atom stereocenters. The Hall–Kier alpha value is -1.11. The Labute approximate surface area is 127 Å². The summed E-state index contributed by atoms with van der Waals surface area (Å²) >= 11 is 3.44. The minimum atomic E-state index is -0.656. The van der Waals surface area contributed by atoms with Crippen LogP contribution in [0.4, 0.5) is 0 Å². The highest BCUT2D eigenvalue weighted by Gasteiger charge is 2.18. The number of methoxy groups -OCH3 is 2. The molecular weight excluding hydrogens is 326 g/mol. The third-order valence-electron chi connectivity index (χ3n) is 2.67. The summed E-state index contributed by atoms with van der Waals surface area (Å²) in [5.74, 6) is 0.245. The molecule has 0 aliphatic heterocycles. The normalized spacial score (nSPS) is 12.0. The Balaban J connectivity index is 2.75. The lowest BCUT2D eigenvalue weighted by Crippen LogP contribution is -2.26. The smallest absolute Gasteiger partial charge is 0.346 e. The van der Waals surface area contributed by atoms with Crippen molar-refractivity contribution in [1.29, 1.82) is 0 Å². The number of esters is 1. The van der Waals surface area contributed by atoms with E-state index in [0.29, 0.717) is 18.9 Å². The van der Waals surface area contributed by atoms with Gasteiger partial charge in [-0.2, -0.15) is 0 Å². The summed E-state index contributed by atoms with van der Waals surface area (Å²) in [6, 6.07) is 5.75. The van der Waals surface area contributed by atoms with Gasteiger partial charge in [0.15, 0.2) is 6.10 Å². The van der Waals surface area contributed by atoms with Crippen LogP contribution in [0.2, 0.25) is 0 Å². The first-order valence-electron chi connectivity index (χ1n) is 6.31. The summed E-state index contributed by atoms with van der Waals surface area (Å²) in [5.41, 5.74) is 0.964. The Morgan fingerprint density at radius 3 is 2.80 bits per heavy atom. The van der Waals surface area contributed by atoms with E-state index in [9.17, 15) is 4.79 Å². The Morgan fingerprint density at radius 1 is 1.40 bits per heavy atom. The quantitative estimate of drug-likeness (QED) is 0.577. The number of carbonyl (C=O) groups excluding carboxylic acids is 1. The third kappa shape index (κ3) is 5.11. The van der Waals surface area contributed by atoms with Crippen LogP contribution in [-0.2, 0) is 20.8 Å². The van der Waals surface area contributed by atoms with E-state index in [4.69, 9.17) is 9.47 Å². The topological polar surface area (TPSA) is 56.8 Å². The van der Waals surface area contributed by atoms with Crippen molar-refractivity contribution in [3.63, 3.8) is 0 Å². The SMILES string of the molecule is COCCNCc1cccc(Br)c1OC(C)C(=O)OC. The van der Waals surface area contributed by atoms with E-state index in [1.165, 1.54) is 7.11 Å². The number of nitrogens with one attached hydrogen (secondary N) is 1. The van der Waals surface area contributed by atoms with Crippen molar-refractivity contribution in [2.75, 3.05) is 27.4 Å². The van der Waals surface area contributed by atoms with E-state index in [2.05, 4.69) is 26.0 Å². The number of para-hydroxylation sites is 1. The van der Waals surface area contributed by atoms with Gasteiger partial charge in [-0.15, -0.1) is 0 Å². The van der Waals surface area contributed by atoms with E-state index in [1.807, 2.05) is 18.2 Å². The van der Waals surface area contributed by atoms with E-state index < -0.39 is 12.1 Å². The zero-order valence-electron chi connectivity index (χ0n) is 11.9. The summed E-state index contributed by atoms with van der Waals surface area (Å²) in [7, 11) is 3.00. The molecule has 1 unspecified atom stereocenters. The van der Waals surface area contributed by atoms with Gasteiger partial charge < -0.3 is 19.5 Å². The Kier molecular flexibility index (Phi) is 7.58. The maximum absolute atomic E-state index is 11.4. The molecule has 0 saturated heterocycles. The molecule has 1 aromatic rings. The molecule has 1 N–H and O–H groups in total. The summed E-state index contributed by atoms with van der Waals surface area (Å²) < 4.78 is 16.1. The second-order valence-electron chi connectivity index (χ2n) is 4.18. The van der Waals surface area contributed by atoms with E-state index in [0.717, 1.165) is 16.6 Å². The predicted octanol–water partition coefficient (Wildman–Crippen LogP) is 2.13. The van der Waals surface area contributed by atoms with Gasteiger partial charge in [0.05, 0.1) is 18.2 Å². The Bertz CT molecular complexity index is 439. The van der Waals surface area contributed by atoms with Crippen LogP contribution in [0.25, 0.3) is 0 Å². The van der Waals surface area contributed by atoms with Gasteiger partial charge in [-0.05, 0) is 28.9 Å². The van der Waals surface area contributed by atoms with Gasteiger partial charge >= 0.3 is 5.97 Å². The fraction of sp³-hybridized carbons (Fsp3) is 0.500. The standard InChI is InChI=1S/C14H20BrNO4/c1-10(14(17)19-3)20-13-11(5-4-6-12(13)15)9-16-7-8-18-2/h4-6,10,16H,7-9H2,1-3H3. The molecule has 0 amide bonds. The molecule has 0 radical (unpaired) electrons. The highest BCUT2D eigenvalue weighted by molar-refractivity contribution is 9.10. The summed E-state index contributed by atoms with van der Waals surface area (Å²) in [4.78, 5) is 11.4. The number of carbonyl (C=O) groups is 1. The first-order valence-corrected chi connectivity index (χ1v) is 7.11. The lowest BCUT2D eigenvalue weighted by molar-refractivity contribution is -0.147.